The molecule has 5 atom stereocenters. The minimum atomic E-state index is -3.19. The van der Waals surface area contributed by atoms with Gasteiger partial charge in [-0.25, -0.2) is 0 Å². The third-order valence-electron chi connectivity index (χ3n) is 7.03. The molecule has 0 amide bonds. The van der Waals surface area contributed by atoms with Crippen molar-refractivity contribution in [3.63, 3.8) is 0 Å². The molecule has 31 heavy (non-hydrogen) atoms. The van der Waals surface area contributed by atoms with Crippen LogP contribution in [0.2, 0.25) is 17.7 Å². The summed E-state index contributed by atoms with van der Waals surface area (Å²) in [6.07, 6.45) is 8.78. The van der Waals surface area contributed by atoms with E-state index in [0.717, 1.165) is 17.7 Å². The van der Waals surface area contributed by atoms with E-state index in [1.165, 1.54) is 51.4 Å². The number of hydrogen-bond acceptors (Lipinski definition) is 6. The summed E-state index contributed by atoms with van der Waals surface area (Å²) in [6.45, 7) is 9.65. The third kappa shape index (κ3) is 6.52. The Balaban J connectivity index is 1.82. The average molecular weight is 656 g/mol. The Morgan fingerprint density at radius 1 is 0.677 bits per heavy atom. The summed E-state index contributed by atoms with van der Waals surface area (Å²) in [5, 5.41) is 0. The van der Waals surface area contributed by atoms with Crippen LogP contribution in [0, 0.1) is 0 Å². The quantitative estimate of drug-likeness (QED) is 0.240. The van der Waals surface area contributed by atoms with Gasteiger partial charge in [0, 0.05) is 0 Å². The van der Waals surface area contributed by atoms with E-state index < -0.39 is 38.4 Å². The fraction of sp³-hybridized carbons (Fsp3) is 1.00. The summed E-state index contributed by atoms with van der Waals surface area (Å²) < 4.78 is 44.2. The molecule has 0 spiro atoms. The van der Waals surface area contributed by atoms with Gasteiger partial charge in [-0.3, -0.25) is 0 Å². The summed E-state index contributed by atoms with van der Waals surface area (Å²) in [7, 11) is 1.72. The second-order valence-electron chi connectivity index (χ2n) is 9.57. The maximum absolute atomic E-state index is 7.04. The van der Waals surface area contributed by atoms with Gasteiger partial charge in [0.1, 0.15) is 0 Å². The molecule has 8 heteroatoms. The van der Waals surface area contributed by atoms with Gasteiger partial charge in [0.15, 0.2) is 0 Å². The van der Waals surface area contributed by atoms with Gasteiger partial charge in [-0.1, -0.05) is 0 Å². The van der Waals surface area contributed by atoms with E-state index in [1.807, 2.05) is 0 Å². The Hall–Kier alpha value is 1.36. The van der Waals surface area contributed by atoms with Crippen LogP contribution in [0.3, 0.4) is 0 Å². The van der Waals surface area contributed by atoms with Gasteiger partial charge in [-0.05, 0) is 0 Å². The van der Waals surface area contributed by atoms with Crippen molar-refractivity contribution in [3.8, 4) is 0 Å². The van der Waals surface area contributed by atoms with E-state index in [1.54, 1.807) is 7.11 Å². The van der Waals surface area contributed by atoms with Crippen LogP contribution in [0.1, 0.15) is 79.1 Å². The van der Waals surface area contributed by atoms with Gasteiger partial charge in [-0.15, -0.1) is 0 Å². The van der Waals surface area contributed by atoms with Gasteiger partial charge in [0.25, 0.3) is 0 Å². The summed E-state index contributed by atoms with van der Waals surface area (Å²) in [5.74, 6) is 0. The van der Waals surface area contributed by atoms with E-state index in [9.17, 15) is 0 Å². The van der Waals surface area contributed by atoms with Gasteiger partial charge in [0.05, 0.1) is 0 Å². The molecule has 3 rings (SSSR count). The Bertz CT molecular complexity index is 520. The Labute approximate surface area is 200 Å². The second kappa shape index (κ2) is 12.9. The molecule has 0 saturated carbocycles. The predicted octanol–water partition coefficient (Wildman–Crippen LogP) is 5.64. The molecule has 3 fully saturated rings. The first kappa shape index (κ1) is 27.0. The van der Waals surface area contributed by atoms with E-state index in [2.05, 4.69) is 27.7 Å². The van der Waals surface area contributed by atoms with Crippen LogP contribution >= 0.6 is 0 Å². The number of ether oxygens (including phenoxy) is 2. The maximum atomic E-state index is 7.04. The predicted molar refractivity (Wildman–Crippen MR) is 127 cm³/mol. The zero-order chi connectivity index (χ0) is 22.3. The monoisotopic (exact) mass is 658 g/mol. The Morgan fingerprint density at radius 3 is 1.68 bits per heavy atom. The molecule has 0 bridgehead atoms. The Kier molecular flexibility index (Phi) is 11.2. The summed E-state index contributed by atoms with van der Waals surface area (Å²) in [4.78, 5) is 0. The van der Waals surface area contributed by atoms with Crippen LogP contribution in [-0.4, -0.2) is 82.8 Å². The van der Waals surface area contributed by atoms with Crippen molar-refractivity contribution in [1.29, 1.82) is 0 Å². The van der Waals surface area contributed by atoms with Crippen molar-refractivity contribution in [2.45, 2.75) is 128 Å². The summed E-state index contributed by atoms with van der Waals surface area (Å²) >= 11 is -6.33. The van der Waals surface area contributed by atoms with Crippen LogP contribution in [-0.2, 0) is 21.8 Å². The standard InChI is InChI=1S/C7H10O6.4C4H9.2Sn/c1-12-7-6(11)5(10)4(9)3(2-8)13-7;4*1-3-4-2;;/h3-7H,2H2,1H3;4*1,3-4H2,2H3;;/q-4;;;;;2*+2/t3-,4-,5+,6-,7-;;;;;;/m1....../s1. The SMILES string of the molecule is CCC[CH2][Sn]1([CH2]CCC)[O][C@@H]2[C@@H]([O]1)[C@H](OC)O[C@@H]1C[O][Sn]([CH2]CCC)([CH2]CCC)[O][C@@H]21. The van der Waals surface area contributed by atoms with Crippen molar-refractivity contribution in [1.82, 2.24) is 0 Å². The average Bonchev–Trinajstić information content (AvgIpc) is 3.19. The molecule has 0 aromatic rings. The van der Waals surface area contributed by atoms with Gasteiger partial charge in [-0.2, -0.15) is 0 Å². The zero-order valence-electron chi connectivity index (χ0n) is 20.5. The third-order valence-corrected chi connectivity index (χ3v) is 27.8. The van der Waals surface area contributed by atoms with Gasteiger partial charge in [0.2, 0.25) is 0 Å². The molecule has 3 aliphatic heterocycles. The minimum absolute atomic E-state index is 0.0449. The molecular formula is C23H46O6Sn2. The number of fused-ring (bicyclic) bond motifs is 3. The summed E-state index contributed by atoms with van der Waals surface area (Å²) in [5.41, 5.74) is 0. The normalized spacial score (nSPS) is 33.8. The molecule has 3 saturated heterocycles. The fourth-order valence-corrected chi connectivity index (χ4v) is 27.8. The van der Waals surface area contributed by atoms with Crippen molar-refractivity contribution in [3.05, 3.63) is 0 Å². The number of methoxy groups -OCH3 is 1. The van der Waals surface area contributed by atoms with Crippen LogP contribution in [0.25, 0.3) is 0 Å². The van der Waals surface area contributed by atoms with Gasteiger partial charge < -0.3 is 0 Å². The Morgan fingerprint density at radius 2 is 1.16 bits per heavy atom. The van der Waals surface area contributed by atoms with Crippen LogP contribution in [0.4, 0.5) is 0 Å². The molecule has 0 aliphatic carbocycles. The number of unbranched alkanes of at least 4 members (excludes halogenated alkanes) is 4. The van der Waals surface area contributed by atoms with Crippen molar-refractivity contribution >= 4 is 38.4 Å². The second-order valence-corrected chi connectivity index (χ2v) is 28.5. The molecule has 0 radical (unpaired) electrons. The van der Waals surface area contributed by atoms with E-state index in [4.69, 9.17) is 21.8 Å². The molecule has 3 heterocycles. The molecular weight excluding hydrogens is 610 g/mol. The fourth-order valence-electron chi connectivity index (χ4n) is 5.18. The molecule has 3 aliphatic rings. The first-order chi connectivity index (χ1) is 15.1. The van der Waals surface area contributed by atoms with Crippen molar-refractivity contribution < 1.29 is 21.8 Å². The number of hydrogen-bond donors (Lipinski definition) is 0. The van der Waals surface area contributed by atoms with Crippen molar-refractivity contribution in [2.75, 3.05) is 13.7 Å². The van der Waals surface area contributed by atoms with Crippen molar-refractivity contribution in [2.24, 2.45) is 0 Å². The molecule has 0 unspecified atom stereocenters. The molecule has 0 aromatic heterocycles. The first-order valence-electron chi connectivity index (χ1n) is 12.9. The van der Waals surface area contributed by atoms with Crippen LogP contribution < -0.4 is 0 Å². The van der Waals surface area contributed by atoms with E-state index in [0.29, 0.717) is 6.61 Å². The van der Waals surface area contributed by atoms with E-state index in [-0.39, 0.29) is 30.7 Å². The molecule has 6 nitrogen and oxygen atoms in total. The van der Waals surface area contributed by atoms with E-state index >= 15 is 0 Å². The first-order valence-corrected chi connectivity index (χ1v) is 25.6. The van der Waals surface area contributed by atoms with Crippen LogP contribution in [0.15, 0.2) is 0 Å². The van der Waals surface area contributed by atoms with Crippen LogP contribution in [0.5, 0.6) is 0 Å². The molecule has 182 valence electrons. The topological polar surface area (TPSA) is 55.4 Å². The molecule has 0 aromatic carbocycles. The number of rotatable bonds is 13. The van der Waals surface area contributed by atoms with Gasteiger partial charge >= 0.3 is 201 Å². The molecule has 0 N–H and O–H groups in total. The zero-order valence-corrected chi connectivity index (χ0v) is 26.2. The summed E-state index contributed by atoms with van der Waals surface area (Å²) in [6, 6.07) is 0.